The molecule has 1 unspecified atom stereocenters. The standard InChI is InChI=1S/C16H18BrN5O3/c1-21-13(14(17)19-20-21)7-18-16(24)22-8-10-5-3-4-6-11(10)12(9-22)15(23)25-2/h3-6,12H,7-9H2,1-2H3,(H,18,24). The first-order valence-corrected chi connectivity index (χ1v) is 8.53. The van der Waals surface area contributed by atoms with Crippen LogP contribution in [0.1, 0.15) is 22.7 Å². The Morgan fingerprint density at radius 2 is 2.16 bits per heavy atom. The van der Waals surface area contributed by atoms with Gasteiger partial charge in [0.15, 0.2) is 4.60 Å². The van der Waals surface area contributed by atoms with Gasteiger partial charge in [-0.3, -0.25) is 4.79 Å². The lowest BCUT2D eigenvalue weighted by molar-refractivity contribution is -0.143. The Hall–Kier alpha value is -2.42. The Kier molecular flexibility index (Phi) is 5.03. The highest BCUT2D eigenvalue weighted by molar-refractivity contribution is 9.10. The van der Waals surface area contributed by atoms with Gasteiger partial charge in [0.25, 0.3) is 0 Å². The van der Waals surface area contributed by atoms with Crippen molar-refractivity contribution >= 4 is 27.9 Å². The number of aromatic nitrogens is 3. The first-order chi connectivity index (χ1) is 12.0. The summed E-state index contributed by atoms with van der Waals surface area (Å²) in [6.45, 7) is 1.00. The van der Waals surface area contributed by atoms with Crippen molar-refractivity contribution in [2.24, 2.45) is 7.05 Å². The minimum absolute atomic E-state index is 0.253. The van der Waals surface area contributed by atoms with E-state index in [1.54, 1.807) is 16.6 Å². The van der Waals surface area contributed by atoms with E-state index < -0.39 is 5.92 Å². The SMILES string of the molecule is COC(=O)C1CN(C(=O)NCc2c(Br)nnn2C)Cc2ccccc21. The van der Waals surface area contributed by atoms with Crippen molar-refractivity contribution in [2.75, 3.05) is 13.7 Å². The van der Waals surface area contributed by atoms with Crippen molar-refractivity contribution in [1.29, 1.82) is 0 Å². The van der Waals surface area contributed by atoms with Crippen molar-refractivity contribution in [1.82, 2.24) is 25.2 Å². The Morgan fingerprint density at radius 3 is 2.84 bits per heavy atom. The monoisotopic (exact) mass is 407 g/mol. The number of fused-ring (bicyclic) bond motifs is 1. The molecule has 0 saturated heterocycles. The number of amides is 2. The molecule has 1 aliphatic rings. The maximum absolute atomic E-state index is 12.6. The maximum Gasteiger partial charge on any atom is 0.318 e. The lowest BCUT2D eigenvalue weighted by Gasteiger charge is -2.33. The number of methoxy groups -OCH3 is 1. The average Bonchev–Trinajstić information content (AvgIpc) is 2.96. The van der Waals surface area contributed by atoms with Gasteiger partial charge in [-0.2, -0.15) is 0 Å². The first-order valence-electron chi connectivity index (χ1n) is 7.73. The minimum Gasteiger partial charge on any atom is -0.468 e. The Balaban J connectivity index is 1.74. The van der Waals surface area contributed by atoms with Crippen molar-refractivity contribution in [2.45, 2.75) is 19.0 Å². The number of carbonyl (C=O) groups excluding carboxylic acids is 2. The zero-order valence-corrected chi connectivity index (χ0v) is 15.5. The number of aryl methyl sites for hydroxylation is 1. The first kappa shape index (κ1) is 17.4. The van der Waals surface area contributed by atoms with E-state index in [0.717, 1.165) is 16.8 Å². The summed E-state index contributed by atoms with van der Waals surface area (Å²) >= 11 is 3.30. The summed E-state index contributed by atoms with van der Waals surface area (Å²) in [5, 5.41) is 10.6. The van der Waals surface area contributed by atoms with Crippen LogP contribution in [0.5, 0.6) is 0 Å². The molecule has 2 heterocycles. The molecule has 3 rings (SSSR count). The van der Waals surface area contributed by atoms with Gasteiger partial charge in [-0.1, -0.05) is 29.5 Å². The van der Waals surface area contributed by atoms with E-state index >= 15 is 0 Å². The molecule has 1 aromatic heterocycles. The molecule has 2 amide bonds. The maximum atomic E-state index is 12.6. The fraction of sp³-hybridized carbons (Fsp3) is 0.375. The normalized spacial score (nSPS) is 16.3. The summed E-state index contributed by atoms with van der Waals surface area (Å²) in [5.74, 6) is -0.825. The van der Waals surface area contributed by atoms with E-state index in [4.69, 9.17) is 4.74 Å². The van der Waals surface area contributed by atoms with Crippen molar-refractivity contribution < 1.29 is 14.3 Å². The molecule has 0 radical (unpaired) electrons. The number of hydrogen-bond donors (Lipinski definition) is 1. The van der Waals surface area contributed by atoms with E-state index in [1.165, 1.54) is 7.11 Å². The Bertz CT molecular complexity index is 787. The number of nitrogens with zero attached hydrogens (tertiary/aromatic N) is 4. The van der Waals surface area contributed by atoms with Gasteiger partial charge in [0.2, 0.25) is 0 Å². The molecular formula is C16H18BrN5O3. The van der Waals surface area contributed by atoms with Crippen molar-refractivity contribution in [3.8, 4) is 0 Å². The van der Waals surface area contributed by atoms with Crippen LogP contribution in [0.15, 0.2) is 28.9 Å². The van der Waals surface area contributed by atoms with Crippen LogP contribution in [0.4, 0.5) is 4.79 Å². The lowest BCUT2D eigenvalue weighted by atomic mass is 9.90. The summed E-state index contributed by atoms with van der Waals surface area (Å²) in [7, 11) is 3.11. The number of nitrogens with one attached hydrogen (secondary N) is 1. The summed E-state index contributed by atoms with van der Waals surface area (Å²) in [6.07, 6.45) is 0. The van der Waals surface area contributed by atoms with Crippen LogP contribution >= 0.6 is 15.9 Å². The predicted molar refractivity (Wildman–Crippen MR) is 92.5 cm³/mol. The van der Waals surface area contributed by atoms with Crippen LogP contribution in [0, 0.1) is 0 Å². The van der Waals surface area contributed by atoms with E-state index in [0.29, 0.717) is 11.1 Å². The Morgan fingerprint density at radius 1 is 1.40 bits per heavy atom. The highest BCUT2D eigenvalue weighted by Crippen LogP contribution is 2.29. The zero-order valence-electron chi connectivity index (χ0n) is 13.9. The largest absolute Gasteiger partial charge is 0.468 e. The summed E-state index contributed by atoms with van der Waals surface area (Å²) in [5.41, 5.74) is 2.62. The molecule has 0 saturated carbocycles. The molecule has 9 heteroatoms. The van der Waals surface area contributed by atoms with E-state index in [2.05, 4.69) is 31.6 Å². The highest BCUT2D eigenvalue weighted by atomic mass is 79.9. The van der Waals surface area contributed by atoms with Gasteiger partial charge in [-0.15, -0.1) is 5.10 Å². The van der Waals surface area contributed by atoms with Gasteiger partial charge in [0.05, 0.1) is 25.3 Å². The fourth-order valence-electron chi connectivity index (χ4n) is 2.92. The Labute approximate surface area is 153 Å². The third-order valence-electron chi connectivity index (χ3n) is 4.27. The van der Waals surface area contributed by atoms with Crippen molar-refractivity contribution in [3.63, 3.8) is 0 Å². The molecule has 0 spiro atoms. The van der Waals surface area contributed by atoms with Crippen molar-refractivity contribution in [3.05, 3.63) is 45.7 Å². The number of rotatable bonds is 3. The molecular weight excluding hydrogens is 390 g/mol. The van der Waals surface area contributed by atoms with Gasteiger partial charge in [-0.05, 0) is 27.1 Å². The third kappa shape index (κ3) is 3.51. The van der Waals surface area contributed by atoms with Gasteiger partial charge in [-0.25, -0.2) is 9.48 Å². The summed E-state index contributed by atoms with van der Waals surface area (Å²) < 4.78 is 7.08. The van der Waals surface area contributed by atoms with Gasteiger partial charge < -0.3 is 15.0 Å². The number of carbonyl (C=O) groups is 2. The quantitative estimate of drug-likeness (QED) is 0.779. The number of ether oxygens (including phenoxy) is 1. The number of esters is 1. The second kappa shape index (κ2) is 7.22. The second-order valence-corrected chi connectivity index (χ2v) is 6.52. The summed E-state index contributed by atoms with van der Waals surface area (Å²) in [4.78, 5) is 26.3. The molecule has 132 valence electrons. The van der Waals surface area contributed by atoms with Crippen LogP contribution in [0.3, 0.4) is 0 Å². The van der Waals surface area contributed by atoms with Gasteiger partial charge in [0, 0.05) is 20.1 Å². The summed E-state index contributed by atoms with van der Waals surface area (Å²) in [6, 6.07) is 7.36. The lowest BCUT2D eigenvalue weighted by Crippen LogP contribution is -2.45. The van der Waals surface area contributed by atoms with Crippen LogP contribution in [0.25, 0.3) is 0 Å². The highest BCUT2D eigenvalue weighted by Gasteiger charge is 2.33. The van der Waals surface area contributed by atoms with Crippen LogP contribution in [-0.2, 0) is 29.7 Å². The van der Waals surface area contributed by atoms with E-state index in [-0.39, 0.29) is 25.1 Å². The average molecular weight is 408 g/mol. The molecule has 0 aliphatic carbocycles. The van der Waals surface area contributed by atoms with Crippen LogP contribution < -0.4 is 5.32 Å². The number of benzene rings is 1. The zero-order chi connectivity index (χ0) is 18.0. The molecule has 0 fully saturated rings. The minimum atomic E-state index is -0.481. The molecule has 1 N–H and O–H groups in total. The molecule has 1 atom stereocenters. The van der Waals surface area contributed by atoms with Gasteiger partial charge in [0.1, 0.15) is 0 Å². The topological polar surface area (TPSA) is 89.3 Å². The molecule has 1 aliphatic heterocycles. The van der Waals surface area contributed by atoms with Gasteiger partial charge >= 0.3 is 12.0 Å². The number of halogens is 1. The fourth-order valence-corrected chi connectivity index (χ4v) is 3.38. The second-order valence-electron chi connectivity index (χ2n) is 5.76. The molecule has 2 aromatic rings. The molecule has 0 bridgehead atoms. The molecule has 8 nitrogen and oxygen atoms in total. The third-order valence-corrected chi connectivity index (χ3v) is 4.89. The number of urea groups is 1. The predicted octanol–water partition coefficient (Wildman–Crippen LogP) is 1.56. The van der Waals surface area contributed by atoms with Crippen LogP contribution in [0.2, 0.25) is 0 Å². The van der Waals surface area contributed by atoms with E-state index in [1.807, 2.05) is 24.3 Å². The number of hydrogen-bond acceptors (Lipinski definition) is 5. The molecule has 25 heavy (non-hydrogen) atoms. The van der Waals surface area contributed by atoms with E-state index in [9.17, 15) is 9.59 Å². The smallest absolute Gasteiger partial charge is 0.318 e. The van der Waals surface area contributed by atoms with Crippen LogP contribution in [-0.4, -0.2) is 45.5 Å². The molecule has 1 aromatic carbocycles.